The molecule has 0 atom stereocenters. The predicted molar refractivity (Wildman–Crippen MR) is 97.0 cm³/mol. The van der Waals surface area contributed by atoms with Crippen molar-refractivity contribution in [3.05, 3.63) is 27.7 Å². The van der Waals surface area contributed by atoms with Gasteiger partial charge in [0.1, 0.15) is 5.75 Å². The first kappa shape index (κ1) is 17.6. The third-order valence-corrected chi connectivity index (χ3v) is 3.21. The summed E-state index contributed by atoms with van der Waals surface area (Å²) in [7, 11) is 0. The minimum Gasteiger partial charge on any atom is -0.493 e. The maximum atomic E-state index is 5.88. The van der Waals surface area contributed by atoms with Gasteiger partial charge >= 0.3 is 0 Å². The summed E-state index contributed by atoms with van der Waals surface area (Å²) in [4.78, 5) is 4.38. The number of fused-ring (bicyclic) bond motifs is 1. The van der Waals surface area contributed by atoms with Gasteiger partial charge in [-0.1, -0.05) is 15.9 Å². The molecule has 1 aliphatic rings. The second-order valence-electron chi connectivity index (χ2n) is 5.73. The van der Waals surface area contributed by atoms with E-state index in [4.69, 9.17) is 10.5 Å². The molecule has 0 fully saturated rings. The Morgan fingerprint density at radius 2 is 2.15 bits per heavy atom. The van der Waals surface area contributed by atoms with Crippen LogP contribution in [0.2, 0.25) is 0 Å². The van der Waals surface area contributed by atoms with Crippen molar-refractivity contribution in [3.63, 3.8) is 0 Å². The van der Waals surface area contributed by atoms with E-state index in [9.17, 15) is 0 Å². The van der Waals surface area contributed by atoms with Crippen LogP contribution in [-0.4, -0.2) is 18.1 Å². The van der Waals surface area contributed by atoms with Gasteiger partial charge < -0.3 is 15.8 Å². The molecule has 0 spiro atoms. The van der Waals surface area contributed by atoms with Gasteiger partial charge in [0, 0.05) is 22.0 Å². The van der Waals surface area contributed by atoms with E-state index in [2.05, 4.69) is 53.1 Å². The molecule has 0 aliphatic carbocycles. The highest BCUT2D eigenvalue weighted by atomic mass is 127. The number of hydrogen-bond donors (Lipinski definition) is 2. The lowest BCUT2D eigenvalue weighted by Crippen LogP contribution is -2.44. The summed E-state index contributed by atoms with van der Waals surface area (Å²) in [6.07, 6.45) is 0.960. The van der Waals surface area contributed by atoms with E-state index in [1.165, 1.54) is 5.56 Å². The minimum atomic E-state index is -0.0801. The minimum absolute atomic E-state index is 0. The van der Waals surface area contributed by atoms with Crippen LogP contribution in [0.15, 0.2) is 21.6 Å². The molecule has 2 rings (SSSR count). The van der Waals surface area contributed by atoms with E-state index in [1.807, 2.05) is 6.07 Å². The molecule has 0 saturated heterocycles. The largest absolute Gasteiger partial charge is 0.493 e. The average molecular weight is 454 g/mol. The number of nitrogens with zero attached hydrogens (tertiary/aromatic N) is 1. The zero-order valence-corrected chi connectivity index (χ0v) is 15.9. The summed E-state index contributed by atoms with van der Waals surface area (Å²) in [5.41, 5.74) is 8.11. The van der Waals surface area contributed by atoms with E-state index >= 15 is 0 Å². The Labute approximate surface area is 145 Å². The number of halogens is 2. The highest BCUT2D eigenvalue weighted by Gasteiger charge is 2.17. The third kappa shape index (κ3) is 4.80. The molecule has 1 heterocycles. The Morgan fingerprint density at radius 3 is 2.80 bits per heavy atom. The standard InChI is InChI=1S/C14H20BrN3O.HI/c1-14(2,3)18-13(16)17-8-10-7-11(15)6-9-4-5-19-12(9)10;/h6-7H,4-5,8H2,1-3H3,(H3,16,17,18);1H. The van der Waals surface area contributed by atoms with Crippen molar-refractivity contribution in [3.8, 4) is 5.75 Å². The number of aliphatic imine (C=N–C) groups is 1. The molecule has 0 saturated carbocycles. The summed E-state index contributed by atoms with van der Waals surface area (Å²) < 4.78 is 6.73. The molecule has 1 aromatic carbocycles. The molecule has 20 heavy (non-hydrogen) atoms. The number of nitrogens with one attached hydrogen (secondary N) is 1. The highest BCUT2D eigenvalue weighted by molar-refractivity contribution is 14.0. The molecule has 112 valence electrons. The molecular weight excluding hydrogens is 433 g/mol. The fourth-order valence-corrected chi connectivity index (χ4v) is 2.61. The highest BCUT2D eigenvalue weighted by Crippen LogP contribution is 2.33. The Balaban J connectivity index is 0.00000200. The van der Waals surface area contributed by atoms with Gasteiger partial charge in [-0.2, -0.15) is 0 Å². The van der Waals surface area contributed by atoms with Gasteiger partial charge in [-0.3, -0.25) is 0 Å². The van der Waals surface area contributed by atoms with Crippen molar-refractivity contribution in [1.82, 2.24) is 5.32 Å². The average Bonchev–Trinajstić information content (AvgIpc) is 2.71. The van der Waals surface area contributed by atoms with Gasteiger partial charge in [0.25, 0.3) is 0 Å². The molecule has 0 unspecified atom stereocenters. The van der Waals surface area contributed by atoms with Crippen LogP contribution >= 0.6 is 39.9 Å². The summed E-state index contributed by atoms with van der Waals surface area (Å²) in [5.74, 6) is 1.43. The maximum absolute atomic E-state index is 5.88. The first-order valence-electron chi connectivity index (χ1n) is 6.37. The zero-order valence-electron chi connectivity index (χ0n) is 12.0. The van der Waals surface area contributed by atoms with Gasteiger partial charge in [0.05, 0.1) is 13.2 Å². The van der Waals surface area contributed by atoms with Crippen molar-refractivity contribution in [2.45, 2.75) is 39.3 Å². The quantitative estimate of drug-likeness (QED) is 0.410. The van der Waals surface area contributed by atoms with Crippen molar-refractivity contribution in [2.24, 2.45) is 10.7 Å². The predicted octanol–water partition coefficient (Wildman–Crippen LogP) is 3.20. The number of nitrogens with two attached hydrogens (primary N) is 1. The third-order valence-electron chi connectivity index (χ3n) is 2.75. The van der Waals surface area contributed by atoms with Crippen LogP contribution in [0, 0.1) is 0 Å². The Bertz CT molecular complexity index is 512. The molecule has 0 aromatic heterocycles. The Morgan fingerprint density at radius 1 is 1.45 bits per heavy atom. The van der Waals surface area contributed by atoms with E-state index in [0.717, 1.165) is 28.8 Å². The normalized spacial score (nSPS) is 14.3. The van der Waals surface area contributed by atoms with E-state index in [1.54, 1.807) is 0 Å². The van der Waals surface area contributed by atoms with Crippen molar-refractivity contribution < 1.29 is 4.74 Å². The van der Waals surface area contributed by atoms with Gasteiger partial charge in [-0.05, 0) is 38.5 Å². The summed E-state index contributed by atoms with van der Waals surface area (Å²) >= 11 is 3.52. The molecule has 1 aliphatic heterocycles. The lowest BCUT2D eigenvalue weighted by molar-refractivity contribution is 0.353. The first-order chi connectivity index (χ1) is 8.85. The van der Waals surface area contributed by atoms with Crippen molar-refractivity contribution >= 4 is 45.9 Å². The molecule has 0 amide bonds. The number of rotatable bonds is 2. The van der Waals surface area contributed by atoms with E-state index in [-0.39, 0.29) is 29.5 Å². The maximum Gasteiger partial charge on any atom is 0.189 e. The fourth-order valence-electron chi connectivity index (χ4n) is 2.06. The molecule has 0 bridgehead atoms. The lowest BCUT2D eigenvalue weighted by Gasteiger charge is -2.21. The fraction of sp³-hybridized carbons (Fsp3) is 0.500. The Kier molecular flexibility index (Phi) is 6.12. The molecule has 4 nitrogen and oxygen atoms in total. The topological polar surface area (TPSA) is 59.6 Å². The summed E-state index contributed by atoms with van der Waals surface area (Å²) in [5, 5.41) is 3.15. The zero-order chi connectivity index (χ0) is 14.0. The monoisotopic (exact) mass is 453 g/mol. The Hall–Kier alpha value is -0.500. The molecule has 1 aromatic rings. The SMILES string of the molecule is CC(C)(C)NC(N)=NCc1cc(Br)cc2c1OCC2.I. The van der Waals surface area contributed by atoms with Crippen LogP contribution in [-0.2, 0) is 13.0 Å². The van der Waals surface area contributed by atoms with Crippen molar-refractivity contribution in [1.29, 1.82) is 0 Å². The number of hydrogen-bond acceptors (Lipinski definition) is 2. The molecular formula is C14H21BrIN3O. The molecule has 3 N–H and O–H groups in total. The second kappa shape index (κ2) is 6.98. The van der Waals surface area contributed by atoms with Gasteiger partial charge in [0.2, 0.25) is 0 Å². The van der Waals surface area contributed by atoms with Crippen LogP contribution < -0.4 is 15.8 Å². The van der Waals surface area contributed by atoms with Gasteiger partial charge in [0.15, 0.2) is 5.96 Å². The summed E-state index contributed by atoms with van der Waals surface area (Å²) in [6.45, 7) is 7.43. The number of ether oxygens (including phenoxy) is 1. The number of benzene rings is 1. The van der Waals surface area contributed by atoms with Crippen LogP contribution in [0.4, 0.5) is 0 Å². The van der Waals surface area contributed by atoms with Crippen LogP contribution in [0.25, 0.3) is 0 Å². The van der Waals surface area contributed by atoms with Crippen LogP contribution in [0.3, 0.4) is 0 Å². The van der Waals surface area contributed by atoms with Crippen molar-refractivity contribution in [2.75, 3.05) is 6.61 Å². The van der Waals surface area contributed by atoms with Gasteiger partial charge in [-0.25, -0.2) is 4.99 Å². The van der Waals surface area contributed by atoms with E-state index in [0.29, 0.717) is 12.5 Å². The first-order valence-corrected chi connectivity index (χ1v) is 7.17. The second-order valence-corrected chi connectivity index (χ2v) is 6.64. The number of guanidine groups is 1. The van der Waals surface area contributed by atoms with Gasteiger partial charge in [-0.15, -0.1) is 24.0 Å². The lowest BCUT2D eigenvalue weighted by atomic mass is 10.1. The smallest absolute Gasteiger partial charge is 0.189 e. The summed E-state index contributed by atoms with van der Waals surface area (Å²) in [6, 6.07) is 4.14. The van der Waals surface area contributed by atoms with Crippen LogP contribution in [0.1, 0.15) is 31.9 Å². The molecule has 0 radical (unpaired) electrons. The van der Waals surface area contributed by atoms with Crippen LogP contribution in [0.5, 0.6) is 5.75 Å². The van der Waals surface area contributed by atoms with E-state index < -0.39 is 0 Å². The molecule has 6 heteroatoms.